The molecule has 4 aromatic rings. The smallest absolute Gasteiger partial charge is 0.254 e. The second kappa shape index (κ2) is 9.07. The van der Waals surface area contributed by atoms with E-state index in [1.165, 1.54) is 0 Å². The Bertz CT molecular complexity index is 1500. The van der Waals surface area contributed by atoms with Crippen molar-refractivity contribution in [3.05, 3.63) is 72.3 Å². The van der Waals surface area contributed by atoms with Gasteiger partial charge in [0.1, 0.15) is 17.1 Å². The molecule has 9 heteroatoms. The Balaban J connectivity index is 1.81. The number of fused-ring (bicyclic) bond motifs is 1. The van der Waals surface area contributed by atoms with Gasteiger partial charge in [0, 0.05) is 16.9 Å². The minimum atomic E-state index is -3.40. The second-order valence-electron chi connectivity index (χ2n) is 9.29. The first-order chi connectivity index (χ1) is 16.5. The van der Waals surface area contributed by atoms with Crippen LogP contribution in [0.5, 0.6) is 0 Å². The number of aromatic nitrogens is 2. The highest BCUT2D eigenvalue weighted by molar-refractivity contribution is 7.92. The number of hydrogen-bond donors (Lipinski definition) is 3. The lowest BCUT2D eigenvalue weighted by atomic mass is 10.1. The molecule has 1 amide bonds. The fourth-order valence-corrected chi connectivity index (χ4v) is 4.45. The van der Waals surface area contributed by atoms with Gasteiger partial charge in [-0.2, -0.15) is 5.10 Å². The predicted molar refractivity (Wildman–Crippen MR) is 141 cm³/mol. The number of nitrogens with zero attached hydrogens (tertiary/aromatic N) is 2. The lowest BCUT2D eigenvalue weighted by molar-refractivity contribution is 0.100. The SMILES string of the molecule is CCS(=O)(=O)Nc1ccc(-c2nn(C(C)(C)C)c(Nc3ccc4ccccc4c3)c2C(N)=O)cc1. The maximum atomic E-state index is 12.7. The van der Waals surface area contributed by atoms with Crippen LogP contribution in [0, 0.1) is 0 Å². The van der Waals surface area contributed by atoms with E-state index in [4.69, 9.17) is 10.8 Å². The lowest BCUT2D eigenvalue weighted by Crippen LogP contribution is -2.25. The van der Waals surface area contributed by atoms with Crippen molar-refractivity contribution in [2.45, 2.75) is 33.2 Å². The third-order valence-electron chi connectivity index (χ3n) is 5.59. The zero-order valence-corrected chi connectivity index (χ0v) is 21.0. The van der Waals surface area contributed by atoms with Crippen molar-refractivity contribution in [1.29, 1.82) is 0 Å². The third kappa shape index (κ3) is 5.14. The summed E-state index contributed by atoms with van der Waals surface area (Å²) in [5.41, 5.74) is 7.95. The van der Waals surface area contributed by atoms with E-state index in [0.29, 0.717) is 22.8 Å². The van der Waals surface area contributed by atoms with Crippen LogP contribution in [0.25, 0.3) is 22.0 Å². The van der Waals surface area contributed by atoms with Gasteiger partial charge in [0.15, 0.2) is 0 Å². The molecule has 0 bridgehead atoms. The van der Waals surface area contributed by atoms with E-state index in [2.05, 4.69) is 10.0 Å². The Kier molecular flexibility index (Phi) is 6.29. The molecule has 0 aliphatic rings. The molecule has 0 saturated heterocycles. The topological polar surface area (TPSA) is 119 Å². The summed E-state index contributed by atoms with van der Waals surface area (Å²) in [6, 6.07) is 20.7. The molecule has 1 heterocycles. The summed E-state index contributed by atoms with van der Waals surface area (Å²) in [5.74, 6) is -0.152. The molecule has 0 unspecified atom stereocenters. The summed E-state index contributed by atoms with van der Waals surface area (Å²) in [4.78, 5) is 12.7. The number of hydrogen-bond acceptors (Lipinski definition) is 5. The number of sulfonamides is 1. The molecule has 1 aromatic heterocycles. The van der Waals surface area contributed by atoms with Gasteiger partial charge in [-0.3, -0.25) is 9.52 Å². The number of carbonyl (C=O) groups is 1. The number of primary amides is 1. The van der Waals surface area contributed by atoms with Gasteiger partial charge in [-0.1, -0.05) is 42.5 Å². The van der Waals surface area contributed by atoms with Crippen molar-refractivity contribution in [1.82, 2.24) is 9.78 Å². The average Bonchev–Trinajstić information content (AvgIpc) is 3.19. The van der Waals surface area contributed by atoms with E-state index >= 15 is 0 Å². The first kappa shape index (κ1) is 24.3. The summed E-state index contributed by atoms with van der Waals surface area (Å²) in [5, 5.41) is 10.3. The molecule has 182 valence electrons. The van der Waals surface area contributed by atoms with E-state index in [0.717, 1.165) is 16.5 Å². The van der Waals surface area contributed by atoms with Crippen molar-refractivity contribution < 1.29 is 13.2 Å². The first-order valence-electron chi connectivity index (χ1n) is 11.3. The van der Waals surface area contributed by atoms with Crippen LogP contribution in [0.1, 0.15) is 38.1 Å². The molecular weight excluding hydrogens is 462 g/mol. The zero-order valence-electron chi connectivity index (χ0n) is 20.2. The van der Waals surface area contributed by atoms with Crippen LogP contribution in [0.4, 0.5) is 17.2 Å². The number of carbonyl (C=O) groups excluding carboxylic acids is 1. The van der Waals surface area contributed by atoms with Crippen LogP contribution in [0.2, 0.25) is 0 Å². The largest absolute Gasteiger partial charge is 0.365 e. The zero-order chi connectivity index (χ0) is 25.4. The maximum absolute atomic E-state index is 12.7. The van der Waals surface area contributed by atoms with E-state index in [1.807, 2.05) is 63.2 Å². The summed E-state index contributed by atoms with van der Waals surface area (Å²) < 4.78 is 28.0. The van der Waals surface area contributed by atoms with Crippen LogP contribution in [0.15, 0.2) is 66.7 Å². The van der Waals surface area contributed by atoms with Gasteiger partial charge in [-0.15, -0.1) is 0 Å². The molecular formula is C26H29N5O3S. The molecule has 0 radical (unpaired) electrons. The minimum Gasteiger partial charge on any atom is -0.365 e. The highest BCUT2D eigenvalue weighted by Crippen LogP contribution is 2.35. The molecule has 8 nitrogen and oxygen atoms in total. The molecule has 35 heavy (non-hydrogen) atoms. The van der Waals surface area contributed by atoms with Crippen molar-refractivity contribution >= 4 is 43.9 Å². The summed E-state index contributed by atoms with van der Waals surface area (Å²) in [6.45, 7) is 7.54. The number of amides is 1. The fourth-order valence-electron chi connectivity index (χ4n) is 3.81. The normalized spacial score (nSPS) is 12.0. The average molecular weight is 492 g/mol. The van der Waals surface area contributed by atoms with Crippen LogP contribution in [-0.2, 0) is 15.6 Å². The quantitative estimate of drug-likeness (QED) is 0.334. The third-order valence-corrected chi connectivity index (χ3v) is 6.90. The summed E-state index contributed by atoms with van der Waals surface area (Å²) >= 11 is 0. The summed E-state index contributed by atoms with van der Waals surface area (Å²) in [7, 11) is -3.40. The molecule has 3 aromatic carbocycles. The van der Waals surface area contributed by atoms with Crippen molar-refractivity contribution in [3.8, 4) is 11.3 Å². The van der Waals surface area contributed by atoms with Crippen molar-refractivity contribution in [2.24, 2.45) is 5.73 Å². The van der Waals surface area contributed by atoms with E-state index in [1.54, 1.807) is 35.9 Å². The Morgan fingerprint density at radius 3 is 2.20 bits per heavy atom. The van der Waals surface area contributed by atoms with Gasteiger partial charge in [-0.05, 0) is 62.7 Å². The highest BCUT2D eigenvalue weighted by atomic mass is 32.2. The molecule has 0 atom stereocenters. The Hall–Kier alpha value is -3.85. The van der Waals surface area contributed by atoms with E-state index < -0.39 is 21.5 Å². The monoisotopic (exact) mass is 491 g/mol. The minimum absolute atomic E-state index is 0.0274. The van der Waals surface area contributed by atoms with Gasteiger partial charge in [-0.25, -0.2) is 13.1 Å². The molecule has 4 N–H and O–H groups in total. The van der Waals surface area contributed by atoms with Crippen LogP contribution in [-0.4, -0.2) is 29.9 Å². The molecule has 0 saturated carbocycles. The fraction of sp³-hybridized carbons (Fsp3) is 0.231. The number of nitrogens with one attached hydrogen (secondary N) is 2. The standard InChI is InChI=1S/C26H29N5O3S/c1-5-35(33,34)30-20-13-11-18(12-14-20)23-22(24(27)32)25(31(29-23)26(2,3)4)28-21-15-10-17-8-6-7-9-19(17)16-21/h6-16,28,30H,5H2,1-4H3,(H2,27,32). The van der Waals surface area contributed by atoms with Crippen LogP contribution < -0.4 is 15.8 Å². The van der Waals surface area contributed by atoms with Crippen molar-refractivity contribution in [2.75, 3.05) is 15.8 Å². The number of anilines is 3. The van der Waals surface area contributed by atoms with Crippen LogP contribution in [0.3, 0.4) is 0 Å². The molecule has 4 rings (SSSR count). The predicted octanol–water partition coefficient (Wildman–Crippen LogP) is 5.06. The second-order valence-corrected chi connectivity index (χ2v) is 11.3. The Morgan fingerprint density at radius 1 is 0.971 bits per heavy atom. The Morgan fingerprint density at radius 2 is 1.60 bits per heavy atom. The van der Waals surface area contributed by atoms with Gasteiger partial charge in [0.2, 0.25) is 10.0 Å². The van der Waals surface area contributed by atoms with Crippen molar-refractivity contribution in [3.63, 3.8) is 0 Å². The molecule has 0 aliphatic carbocycles. The van der Waals surface area contributed by atoms with Gasteiger partial charge >= 0.3 is 0 Å². The van der Waals surface area contributed by atoms with E-state index in [-0.39, 0.29) is 11.3 Å². The summed E-state index contributed by atoms with van der Waals surface area (Å²) in [6.07, 6.45) is 0. The lowest BCUT2D eigenvalue weighted by Gasteiger charge is -2.23. The highest BCUT2D eigenvalue weighted by Gasteiger charge is 2.29. The van der Waals surface area contributed by atoms with Gasteiger partial charge < -0.3 is 11.1 Å². The van der Waals surface area contributed by atoms with E-state index in [9.17, 15) is 13.2 Å². The number of rotatable bonds is 7. The molecule has 0 spiro atoms. The van der Waals surface area contributed by atoms with Gasteiger partial charge in [0.05, 0.1) is 11.3 Å². The van der Waals surface area contributed by atoms with Gasteiger partial charge in [0.25, 0.3) is 5.91 Å². The number of benzene rings is 3. The molecule has 0 fully saturated rings. The Labute approximate surface area is 205 Å². The molecule has 0 aliphatic heterocycles. The van der Waals surface area contributed by atoms with Crippen LogP contribution >= 0.6 is 0 Å². The maximum Gasteiger partial charge on any atom is 0.254 e. The first-order valence-corrected chi connectivity index (χ1v) is 12.9. The number of nitrogens with two attached hydrogens (primary N) is 1.